The summed E-state index contributed by atoms with van der Waals surface area (Å²) < 4.78 is 44.0. The number of hydrogen-bond donors (Lipinski definition) is 0. The summed E-state index contributed by atoms with van der Waals surface area (Å²) in [7, 11) is -4.24. The largest absolute Gasteiger partial charge is 0.450 e. The van der Waals surface area contributed by atoms with Crippen LogP contribution in [0.2, 0.25) is 5.02 Å². The maximum atomic E-state index is 14.2. The highest BCUT2D eigenvalue weighted by atomic mass is 35.5. The van der Waals surface area contributed by atoms with Gasteiger partial charge in [0.2, 0.25) is 9.84 Å². The zero-order valence-corrected chi connectivity index (χ0v) is 11.6. The smallest absolute Gasteiger partial charge is 0.262 e. The summed E-state index contributed by atoms with van der Waals surface area (Å²) in [5.41, 5.74) is 0.333. The van der Waals surface area contributed by atoms with Crippen LogP contribution >= 0.6 is 11.6 Å². The first kappa shape index (κ1) is 13.1. The summed E-state index contributed by atoms with van der Waals surface area (Å²) in [4.78, 5) is -0.262. The number of fused-ring (bicyclic) bond motifs is 1. The van der Waals surface area contributed by atoms with E-state index in [0.29, 0.717) is 5.56 Å². The van der Waals surface area contributed by atoms with Gasteiger partial charge in [0.25, 0.3) is 5.16 Å². The molecular formula is C14H8ClFO3S. The van der Waals surface area contributed by atoms with Crippen molar-refractivity contribution in [3.05, 3.63) is 64.3 Å². The highest BCUT2D eigenvalue weighted by Gasteiger charge is 2.36. The second-order valence-corrected chi connectivity index (χ2v) is 6.35. The molecule has 0 spiro atoms. The maximum absolute atomic E-state index is 14.2. The molecular weight excluding hydrogens is 303 g/mol. The van der Waals surface area contributed by atoms with E-state index in [4.69, 9.17) is 16.3 Å². The lowest BCUT2D eigenvalue weighted by atomic mass is 10.2. The zero-order valence-electron chi connectivity index (χ0n) is 10.0. The summed E-state index contributed by atoms with van der Waals surface area (Å²) >= 11 is 5.94. The Morgan fingerprint density at radius 3 is 2.40 bits per heavy atom. The molecule has 1 aliphatic heterocycles. The van der Waals surface area contributed by atoms with Gasteiger partial charge in [0, 0.05) is 5.56 Å². The van der Waals surface area contributed by atoms with Crippen LogP contribution in [0.1, 0.15) is 5.56 Å². The lowest BCUT2D eigenvalue weighted by molar-refractivity contribution is 0.465. The van der Waals surface area contributed by atoms with Crippen molar-refractivity contribution >= 4 is 27.2 Å². The van der Waals surface area contributed by atoms with Gasteiger partial charge in [-0.25, -0.2) is 8.42 Å². The van der Waals surface area contributed by atoms with E-state index in [9.17, 15) is 12.8 Å². The average Bonchev–Trinajstić information content (AvgIpc) is 2.45. The van der Waals surface area contributed by atoms with E-state index in [1.54, 1.807) is 30.3 Å². The van der Waals surface area contributed by atoms with Gasteiger partial charge in [-0.1, -0.05) is 48.0 Å². The molecule has 3 rings (SSSR count). The van der Waals surface area contributed by atoms with E-state index in [2.05, 4.69) is 0 Å². The van der Waals surface area contributed by atoms with Crippen LogP contribution in [0, 0.1) is 0 Å². The summed E-state index contributed by atoms with van der Waals surface area (Å²) in [6.45, 7) is 0. The molecule has 1 heterocycles. The third-order valence-electron chi connectivity index (χ3n) is 2.87. The van der Waals surface area contributed by atoms with Crippen molar-refractivity contribution in [1.29, 1.82) is 0 Å². The molecule has 2 aromatic rings. The normalized spacial score (nSPS) is 16.5. The Kier molecular flexibility index (Phi) is 3.03. The molecule has 0 radical (unpaired) electrons. The Morgan fingerprint density at radius 2 is 1.70 bits per heavy atom. The minimum atomic E-state index is -4.24. The molecule has 3 nitrogen and oxygen atoms in total. The zero-order chi connectivity index (χ0) is 14.3. The van der Waals surface area contributed by atoms with Crippen molar-refractivity contribution in [1.82, 2.24) is 0 Å². The fourth-order valence-electron chi connectivity index (χ4n) is 1.92. The minimum absolute atomic E-state index is 0.0468. The average molecular weight is 311 g/mol. The van der Waals surface area contributed by atoms with Crippen molar-refractivity contribution in [2.24, 2.45) is 0 Å². The van der Waals surface area contributed by atoms with Crippen LogP contribution in [0.15, 0.2) is 58.6 Å². The lowest BCUT2D eigenvalue weighted by Gasteiger charge is -2.20. The monoisotopic (exact) mass is 310 g/mol. The number of benzene rings is 2. The number of hydrogen-bond acceptors (Lipinski definition) is 3. The van der Waals surface area contributed by atoms with Gasteiger partial charge in [-0.2, -0.15) is 4.39 Å². The number of para-hydroxylation sites is 1. The van der Waals surface area contributed by atoms with Gasteiger partial charge in [-0.05, 0) is 12.1 Å². The maximum Gasteiger partial charge on any atom is 0.262 e. The van der Waals surface area contributed by atoms with E-state index in [0.717, 1.165) is 0 Å². The van der Waals surface area contributed by atoms with Crippen LogP contribution in [-0.4, -0.2) is 8.42 Å². The van der Waals surface area contributed by atoms with Crippen molar-refractivity contribution in [3.63, 3.8) is 0 Å². The Morgan fingerprint density at radius 1 is 1.00 bits per heavy atom. The van der Waals surface area contributed by atoms with Crippen molar-refractivity contribution in [2.75, 3.05) is 0 Å². The topological polar surface area (TPSA) is 43.4 Å². The van der Waals surface area contributed by atoms with Crippen molar-refractivity contribution in [3.8, 4) is 5.75 Å². The third-order valence-corrected chi connectivity index (χ3v) is 4.73. The molecule has 0 unspecified atom stereocenters. The van der Waals surface area contributed by atoms with Gasteiger partial charge < -0.3 is 4.74 Å². The standard InChI is InChI=1S/C14H8ClFO3S/c15-10-7-4-8-11-13(10)19-12(14(16)20(11,17)18)9-5-2-1-3-6-9/h1-8H. The number of ether oxygens (including phenoxy) is 1. The van der Waals surface area contributed by atoms with Gasteiger partial charge >= 0.3 is 0 Å². The summed E-state index contributed by atoms with van der Waals surface area (Å²) in [5.74, 6) is -0.388. The van der Waals surface area contributed by atoms with E-state index >= 15 is 0 Å². The lowest BCUT2D eigenvalue weighted by Crippen LogP contribution is -2.14. The highest BCUT2D eigenvalue weighted by Crippen LogP contribution is 2.43. The van der Waals surface area contributed by atoms with Gasteiger partial charge in [0.1, 0.15) is 4.90 Å². The van der Waals surface area contributed by atoms with Gasteiger partial charge in [0.15, 0.2) is 11.5 Å². The van der Waals surface area contributed by atoms with Crippen LogP contribution in [-0.2, 0) is 9.84 Å². The minimum Gasteiger partial charge on any atom is -0.450 e. The first-order chi connectivity index (χ1) is 9.51. The molecule has 0 atom stereocenters. The Bertz CT molecular complexity index is 814. The highest BCUT2D eigenvalue weighted by molar-refractivity contribution is 7.95. The van der Waals surface area contributed by atoms with E-state index in [1.165, 1.54) is 18.2 Å². The van der Waals surface area contributed by atoms with Crippen LogP contribution < -0.4 is 4.74 Å². The summed E-state index contributed by atoms with van der Waals surface area (Å²) in [5, 5.41) is -1.19. The van der Waals surface area contributed by atoms with Gasteiger partial charge in [0.05, 0.1) is 5.02 Å². The fraction of sp³-hybridized carbons (Fsp3) is 0. The molecule has 2 aromatic carbocycles. The predicted molar refractivity (Wildman–Crippen MR) is 73.7 cm³/mol. The molecule has 0 aliphatic carbocycles. The van der Waals surface area contributed by atoms with Gasteiger partial charge in [-0.15, -0.1) is 0 Å². The Labute approximate surface area is 120 Å². The van der Waals surface area contributed by atoms with Crippen LogP contribution in [0.5, 0.6) is 5.75 Å². The van der Waals surface area contributed by atoms with Crippen LogP contribution in [0.4, 0.5) is 4.39 Å². The van der Waals surface area contributed by atoms with Crippen molar-refractivity contribution < 1.29 is 17.5 Å². The number of sulfone groups is 1. The summed E-state index contributed by atoms with van der Waals surface area (Å²) in [6.07, 6.45) is 0. The molecule has 0 saturated heterocycles. The number of rotatable bonds is 1. The molecule has 0 amide bonds. The summed E-state index contributed by atoms with van der Waals surface area (Å²) in [6, 6.07) is 12.4. The molecule has 20 heavy (non-hydrogen) atoms. The van der Waals surface area contributed by atoms with Crippen molar-refractivity contribution in [2.45, 2.75) is 4.90 Å². The quantitative estimate of drug-likeness (QED) is 0.804. The molecule has 0 aromatic heterocycles. The number of halogens is 2. The molecule has 102 valence electrons. The fourth-order valence-corrected chi connectivity index (χ4v) is 3.44. The molecule has 0 fully saturated rings. The van der Waals surface area contributed by atoms with Crippen LogP contribution in [0.3, 0.4) is 0 Å². The molecule has 1 aliphatic rings. The Balaban J connectivity index is 2.28. The van der Waals surface area contributed by atoms with E-state index < -0.39 is 15.0 Å². The molecule has 6 heteroatoms. The van der Waals surface area contributed by atoms with Crippen LogP contribution in [0.25, 0.3) is 5.76 Å². The molecule has 0 bridgehead atoms. The second-order valence-electron chi connectivity index (χ2n) is 4.14. The van der Waals surface area contributed by atoms with E-state index in [-0.39, 0.29) is 21.4 Å². The van der Waals surface area contributed by atoms with Gasteiger partial charge in [-0.3, -0.25) is 0 Å². The third kappa shape index (κ3) is 1.90. The van der Waals surface area contributed by atoms with E-state index in [1.807, 2.05) is 0 Å². The molecule has 0 saturated carbocycles. The SMILES string of the molecule is O=S1(=O)C(F)=C(c2ccccc2)Oc2c(Cl)cccc21. The predicted octanol–water partition coefficient (Wildman–Crippen LogP) is 3.80. The molecule has 0 N–H and O–H groups in total. The second kappa shape index (κ2) is 4.61. The first-order valence-electron chi connectivity index (χ1n) is 5.68. The Hall–Kier alpha value is -1.85. The first-order valence-corrected chi connectivity index (χ1v) is 7.54.